The molecule has 3 aliphatic carbocycles. The fourth-order valence-electron chi connectivity index (χ4n) is 8.03. The van der Waals surface area contributed by atoms with Gasteiger partial charge in [0.25, 0.3) is 0 Å². The molecule has 7 heteroatoms. The highest BCUT2D eigenvalue weighted by Crippen LogP contribution is 2.60. The van der Waals surface area contributed by atoms with Crippen molar-refractivity contribution in [3.8, 4) is 0 Å². The van der Waals surface area contributed by atoms with E-state index in [2.05, 4.69) is 30.1 Å². The highest BCUT2D eigenvalue weighted by Gasteiger charge is 2.56. The van der Waals surface area contributed by atoms with Crippen molar-refractivity contribution < 1.29 is 14.3 Å². The minimum atomic E-state index is -0.257. The maximum absolute atomic E-state index is 13.1. The van der Waals surface area contributed by atoms with Gasteiger partial charge in [0.1, 0.15) is 6.10 Å². The second-order valence-electron chi connectivity index (χ2n) is 12.0. The van der Waals surface area contributed by atoms with Crippen LogP contribution in [0.5, 0.6) is 0 Å². The second-order valence-corrected chi connectivity index (χ2v) is 12.7. The number of anilines is 1. The van der Waals surface area contributed by atoms with Crippen molar-refractivity contribution in [3.63, 3.8) is 0 Å². The molecule has 0 radical (unpaired) electrons. The van der Waals surface area contributed by atoms with Crippen LogP contribution >= 0.6 is 23.2 Å². The first-order valence-corrected chi connectivity index (χ1v) is 15.0. The predicted octanol–water partition coefficient (Wildman–Crippen LogP) is 6.33. The Labute approximate surface area is 231 Å². The molecule has 0 unspecified atom stereocenters. The number of hydrogen-bond acceptors (Lipinski definition) is 4. The molecular formula is C30H40Cl2N2O3. The summed E-state index contributed by atoms with van der Waals surface area (Å²) in [4.78, 5) is 27.4. The topological polar surface area (TPSA) is 58.6 Å². The van der Waals surface area contributed by atoms with Crippen molar-refractivity contribution in [3.05, 3.63) is 41.5 Å². The first-order valence-electron chi connectivity index (χ1n) is 14.0. The second kappa shape index (κ2) is 10.8. The number of allylic oxidation sites excluding steroid dienone is 1. The highest BCUT2D eigenvalue weighted by atomic mass is 35.5. The number of rotatable bonds is 7. The first kappa shape index (κ1) is 26.9. The zero-order valence-electron chi connectivity index (χ0n) is 22.1. The highest BCUT2D eigenvalue weighted by molar-refractivity contribution is 6.18. The summed E-state index contributed by atoms with van der Waals surface area (Å²) in [5.41, 5.74) is 3.10. The van der Waals surface area contributed by atoms with Gasteiger partial charge in [-0.05, 0) is 86.8 Å². The van der Waals surface area contributed by atoms with E-state index in [1.165, 1.54) is 5.57 Å². The molecule has 0 aromatic heterocycles. The first-order chi connectivity index (χ1) is 17.8. The molecule has 5 rings (SSSR count). The van der Waals surface area contributed by atoms with E-state index in [4.69, 9.17) is 27.9 Å². The number of alkyl halides is 2. The Kier molecular flexibility index (Phi) is 7.85. The number of nitrogens with zero attached hydrogens (tertiary/aromatic N) is 1. The number of nitrogens with one attached hydrogen (secondary N) is 1. The van der Waals surface area contributed by atoms with Crippen LogP contribution in [0.4, 0.5) is 5.69 Å². The van der Waals surface area contributed by atoms with E-state index >= 15 is 0 Å². The Balaban J connectivity index is 1.27. The van der Waals surface area contributed by atoms with Crippen LogP contribution in [0.3, 0.4) is 0 Å². The number of fused-ring (bicyclic) bond motifs is 5. The lowest BCUT2D eigenvalue weighted by Crippen LogP contribution is -2.62. The minimum absolute atomic E-state index is 0.0530. The molecule has 1 heterocycles. The van der Waals surface area contributed by atoms with Crippen LogP contribution in [0.1, 0.15) is 75.6 Å². The third-order valence-electron chi connectivity index (χ3n) is 9.99. The fourth-order valence-corrected chi connectivity index (χ4v) is 8.43. The zero-order chi connectivity index (χ0) is 26.2. The van der Waals surface area contributed by atoms with Crippen LogP contribution in [0, 0.1) is 23.2 Å². The van der Waals surface area contributed by atoms with Crippen LogP contribution in [0.15, 0.2) is 35.9 Å². The van der Waals surface area contributed by atoms with Gasteiger partial charge >= 0.3 is 5.97 Å². The van der Waals surface area contributed by atoms with E-state index in [0.29, 0.717) is 54.6 Å². The van der Waals surface area contributed by atoms with E-state index in [0.717, 1.165) is 50.6 Å². The van der Waals surface area contributed by atoms with Crippen molar-refractivity contribution in [2.24, 2.45) is 23.2 Å². The summed E-state index contributed by atoms with van der Waals surface area (Å²) in [6, 6.07) is 7.59. The molecule has 37 heavy (non-hydrogen) atoms. The number of ether oxygens (including phenoxy) is 1. The largest absolute Gasteiger partial charge is 0.458 e. The van der Waals surface area contributed by atoms with Crippen LogP contribution in [0.25, 0.3) is 0 Å². The number of benzene rings is 1. The SMILES string of the molecule is C[C@]12CC[C@H](OC(=O)c3cccc(N(CCCl)CCCl)c3)CC1=CC[C@@H]1[C@@H]2CC[C@]2(C)NC(=O)CC[C@@H]12. The van der Waals surface area contributed by atoms with Crippen LogP contribution in [-0.4, -0.2) is 48.4 Å². The molecule has 1 N–H and O–H groups in total. The average Bonchev–Trinajstić information content (AvgIpc) is 2.88. The van der Waals surface area contributed by atoms with Crippen molar-refractivity contribution in [2.45, 2.75) is 76.9 Å². The van der Waals surface area contributed by atoms with Gasteiger partial charge in [0.05, 0.1) is 5.56 Å². The van der Waals surface area contributed by atoms with Gasteiger partial charge in [0, 0.05) is 48.9 Å². The zero-order valence-corrected chi connectivity index (χ0v) is 23.6. The quantitative estimate of drug-likeness (QED) is 0.246. The lowest BCUT2D eigenvalue weighted by atomic mass is 9.48. The minimum Gasteiger partial charge on any atom is -0.458 e. The van der Waals surface area contributed by atoms with Crippen molar-refractivity contribution in [1.82, 2.24) is 5.32 Å². The van der Waals surface area contributed by atoms with Crippen LogP contribution in [0.2, 0.25) is 0 Å². The molecule has 3 fully saturated rings. The summed E-state index contributed by atoms with van der Waals surface area (Å²) in [7, 11) is 0. The summed E-state index contributed by atoms with van der Waals surface area (Å²) >= 11 is 11.9. The summed E-state index contributed by atoms with van der Waals surface area (Å²) in [5.74, 6) is 2.78. The maximum Gasteiger partial charge on any atom is 0.338 e. The van der Waals surface area contributed by atoms with E-state index in [-0.39, 0.29) is 28.9 Å². The number of piperidine rings is 1. The number of carbonyl (C=O) groups excluding carboxylic acids is 2. The number of carbonyl (C=O) groups is 2. The Morgan fingerprint density at radius 1 is 1.11 bits per heavy atom. The normalized spacial score (nSPS) is 34.8. The molecule has 0 bridgehead atoms. The van der Waals surface area contributed by atoms with Gasteiger partial charge in [-0.15, -0.1) is 23.2 Å². The number of hydrogen-bond donors (Lipinski definition) is 1. The van der Waals surface area contributed by atoms with Crippen molar-refractivity contribution in [1.29, 1.82) is 0 Å². The Bertz CT molecular complexity index is 1060. The monoisotopic (exact) mass is 546 g/mol. The third-order valence-corrected chi connectivity index (χ3v) is 10.3. The molecule has 1 aromatic carbocycles. The molecule has 0 spiro atoms. The maximum atomic E-state index is 13.1. The molecule has 6 atom stereocenters. The van der Waals surface area contributed by atoms with E-state index in [1.807, 2.05) is 24.3 Å². The number of esters is 1. The van der Waals surface area contributed by atoms with Crippen LogP contribution < -0.4 is 10.2 Å². The molecule has 1 aliphatic heterocycles. The van der Waals surface area contributed by atoms with Gasteiger partial charge < -0.3 is 15.0 Å². The van der Waals surface area contributed by atoms with Gasteiger partial charge in [-0.1, -0.05) is 24.6 Å². The van der Waals surface area contributed by atoms with Gasteiger partial charge in [-0.2, -0.15) is 0 Å². The molecular weight excluding hydrogens is 507 g/mol. The third kappa shape index (κ3) is 5.15. The standard InChI is InChI=1S/C30H40Cl2N2O3/c1-29-12-10-23(37-28(36)20-4-3-5-22(18-20)34(16-14-31)17-15-32)19-21(29)6-7-24-25(29)11-13-30(2)26(24)8-9-27(35)33-30/h3-6,18,23-26H,7-17,19H2,1-2H3,(H,33,35)/t23-,24+,25-,26-,29-,30-/m0/s1. The summed E-state index contributed by atoms with van der Waals surface area (Å²) in [6.45, 7) is 6.07. The molecule has 1 aromatic rings. The van der Waals surface area contributed by atoms with Gasteiger partial charge in [0.2, 0.25) is 5.91 Å². The van der Waals surface area contributed by atoms with Gasteiger partial charge in [0.15, 0.2) is 0 Å². The fraction of sp³-hybridized carbons (Fsp3) is 0.667. The molecule has 4 aliphatic rings. The average molecular weight is 548 g/mol. The van der Waals surface area contributed by atoms with Crippen molar-refractivity contribution in [2.75, 3.05) is 29.7 Å². The Morgan fingerprint density at radius 2 is 1.89 bits per heavy atom. The smallest absolute Gasteiger partial charge is 0.338 e. The predicted molar refractivity (Wildman–Crippen MR) is 149 cm³/mol. The van der Waals surface area contributed by atoms with E-state index in [9.17, 15) is 9.59 Å². The molecule has 1 amide bonds. The lowest BCUT2D eigenvalue weighted by Gasteiger charge is -2.59. The Morgan fingerprint density at radius 3 is 2.65 bits per heavy atom. The van der Waals surface area contributed by atoms with Crippen molar-refractivity contribution >= 4 is 40.8 Å². The molecule has 202 valence electrons. The molecule has 1 saturated heterocycles. The Hall–Kier alpha value is -1.72. The molecule has 5 nitrogen and oxygen atoms in total. The van der Waals surface area contributed by atoms with E-state index < -0.39 is 0 Å². The number of halogens is 2. The van der Waals surface area contributed by atoms with E-state index in [1.54, 1.807) is 0 Å². The van der Waals surface area contributed by atoms with Crippen LogP contribution in [-0.2, 0) is 9.53 Å². The van der Waals surface area contributed by atoms with Gasteiger partial charge in [-0.3, -0.25) is 4.79 Å². The lowest BCUT2D eigenvalue weighted by molar-refractivity contribution is -0.131. The summed E-state index contributed by atoms with van der Waals surface area (Å²) < 4.78 is 6.08. The summed E-state index contributed by atoms with van der Waals surface area (Å²) in [6.07, 6.45) is 10.1. The van der Waals surface area contributed by atoms with Gasteiger partial charge in [-0.25, -0.2) is 4.79 Å². The number of amides is 1. The summed E-state index contributed by atoms with van der Waals surface area (Å²) in [5, 5.41) is 3.35. The molecule has 2 saturated carbocycles.